The lowest BCUT2D eigenvalue weighted by molar-refractivity contribution is 0.0952. The van der Waals surface area contributed by atoms with Crippen LogP contribution in [0.4, 0.5) is 0 Å². The summed E-state index contributed by atoms with van der Waals surface area (Å²) in [6, 6.07) is 28.4. The number of aryl methyl sites for hydroxylation is 3. The van der Waals surface area contributed by atoms with Crippen LogP contribution < -0.4 is 10.1 Å². The molecule has 1 N–H and O–H groups in total. The molecule has 0 aliphatic heterocycles. The van der Waals surface area contributed by atoms with Crippen molar-refractivity contribution in [2.75, 3.05) is 13.7 Å². The molecule has 0 saturated carbocycles. The minimum Gasteiger partial charge on any atom is -0.495 e. The highest BCUT2D eigenvalue weighted by atomic mass is 32.2. The summed E-state index contributed by atoms with van der Waals surface area (Å²) < 4.78 is 32.4. The Kier molecular flexibility index (Phi) is 8.64. The maximum absolute atomic E-state index is 13.5. The zero-order valence-electron chi connectivity index (χ0n) is 22.0. The Hall–Kier alpha value is -3.90. The lowest BCUT2D eigenvalue weighted by Gasteiger charge is -2.13. The fourth-order valence-corrected chi connectivity index (χ4v) is 6.05. The van der Waals surface area contributed by atoms with Gasteiger partial charge >= 0.3 is 0 Å². The topological polar surface area (TPSA) is 72.5 Å². The Morgan fingerprint density at radius 1 is 0.816 bits per heavy atom. The molecule has 0 atom stereocenters. The first-order chi connectivity index (χ1) is 18.3. The summed E-state index contributed by atoms with van der Waals surface area (Å²) in [6.07, 6.45) is 1.48. The second-order valence-electron chi connectivity index (χ2n) is 9.49. The van der Waals surface area contributed by atoms with Gasteiger partial charge in [-0.2, -0.15) is 0 Å². The molecule has 6 heteroatoms. The molecule has 0 spiro atoms. The van der Waals surface area contributed by atoms with Gasteiger partial charge in [0.1, 0.15) is 10.6 Å². The molecule has 0 unspecified atom stereocenters. The van der Waals surface area contributed by atoms with E-state index in [1.165, 1.54) is 7.11 Å². The average Bonchev–Trinajstić information content (AvgIpc) is 2.91. The molecule has 0 bridgehead atoms. The van der Waals surface area contributed by atoms with E-state index in [0.717, 1.165) is 46.2 Å². The minimum atomic E-state index is -3.67. The molecule has 5 nitrogen and oxygen atoms in total. The number of amides is 1. The van der Waals surface area contributed by atoms with E-state index in [1.54, 1.807) is 12.1 Å². The molecular weight excluding hydrogens is 494 g/mol. The van der Waals surface area contributed by atoms with Crippen LogP contribution in [0, 0.1) is 13.8 Å². The van der Waals surface area contributed by atoms with E-state index in [9.17, 15) is 13.2 Å². The van der Waals surface area contributed by atoms with Crippen LogP contribution in [-0.4, -0.2) is 28.0 Å². The van der Waals surface area contributed by atoms with Crippen LogP contribution in [0.5, 0.6) is 5.75 Å². The molecule has 4 aromatic rings. The van der Waals surface area contributed by atoms with Crippen LogP contribution in [0.15, 0.2) is 95.9 Å². The van der Waals surface area contributed by atoms with E-state index < -0.39 is 9.84 Å². The maximum Gasteiger partial charge on any atom is 0.251 e. The van der Waals surface area contributed by atoms with Crippen molar-refractivity contribution < 1.29 is 17.9 Å². The van der Waals surface area contributed by atoms with Crippen molar-refractivity contribution in [1.82, 2.24) is 5.32 Å². The van der Waals surface area contributed by atoms with Gasteiger partial charge in [0, 0.05) is 12.1 Å². The molecule has 0 fully saturated rings. The first kappa shape index (κ1) is 27.1. The zero-order chi connectivity index (χ0) is 27.1. The molecule has 4 rings (SSSR count). The first-order valence-corrected chi connectivity index (χ1v) is 14.3. The Morgan fingerprint density at radius 2 is 1.55 bits per heavy atom. The number of methoxy groups -OCH3 is 1. The highest BCUT2D eigenvalue weighted by Crippen LogP contribution is 2.32. The molecular formula is C32H33NO4S. The molecule has 1 amide bonds. The van der Waals surface area contributed by atoms with Crippen LogP contribution in [0.3, 0.4) is 0 Å². The van der Waals surface area contributed by atoms with Gasteiger partial charge < -0.3 is 10.1 Å². The van der Waals surface area contributed by atoms with Crippen molar-refractivity contribution in [3.8, 4) is 16.9 Å². The van der Waals surface area contributed by atoms with E-state index >= 15 is 0 Å². The quantitative estimate of drug-likeness (QED) is 0.245. The number of hydrogen-bond donors (Lipinski definition) is 1. The number of nitrogens with one attached hydrogen (secondary N) is 1. The SMILES string of the molecule is COc1ccc(-c2cccc(C)c2)cc1S(=O)(=O)Cc1cccc(CCCNC(=O)c2ccccc2C)c1. The monoisotopic (exact) mass is 527 g/mol. The number of rotatable bonds is 10. The molecule has 0 aliphatic rings. The minimum absolute atomic E-state index is 0.0789. The number of sulfone groups is 1. The second kappa shape index (κ2) is 12.1. The number of benzene rings is 4. The Labute approximate surface area is 225 Å². The van der Waals surface area contributed by atoms with Gasteiger partial charge in [0.2, 0.25) is 0 Å². The summed E-state index contributed by atoms with van der Waals surface area (Å²) in [5, 5.41) is 2.97. The zero-order valence-corrected chi connectivity index (χ0v) is 22.8. The van der Waals surface area contributed by atoms with E-state index in [2.05, 4.69) is 5.32 Å². The van der Waals surface area contributed by atoms with Crippen molar-refractivity contribution in [1.29, 1.82) is 0 Å². The van der Waals surface area contributed by atoms with Crippen molar-refractivity contribution in [2.24, 2.45) is 0 Å². The van der Waals surface area contributed by atoms with E-state index in [0.29, 0.717) is 17.9 Å². The molecule has 38 heavy (non-hydrogen) atoms. The van der Waals surface area contributed by atoms with Gasteiger partial charge in [-0.25, -0.2) is 8.42 Å². The smallest absolute Gasteiger partial charge is 0.251 e. The third-order valence-corrected chi connectivity index (χ3v) is 8.22. The third-order valence-electron chi connectivity index (χ3n) is 6.52. The first-order valence-electron chi connectivity index (χ1n) is 12.7. The Balaban J connectivity index is 1.44. The van der Waals surface area contributed by atoms with Crippen LogP contribution in [0.25, 0.3) is 11.1 Å². The van der Waals surface area contributed by atoms with Crippen LogP contribution in [0.1, 0.15) is 39.0 Å². The molecule has 0 radical (unpaired) electrons. The van der Waals surface area contributed by atoms with Gasteiger partial charge in [-0.15, -0.1) is 0 Å². The molecule has 4 aromatic carbocycles. The lowest BCUT2D eigenvalue weighted by atomic mass is 10.0. The highest BCUT2D eigenvalue weighted by Gasteiger charge is 2.21. The normalized spacial score (nSPS) is 11.2. The average molecular weight is 528 g/mol. The van der Waals surface area contributed by atoms with Crippen molar-refractivity contribution in [3.05, 3.63) is 119 Å². The number of ether oxygens (including phenoxy) is 1. The number of carbonyl (C=O) groups is 1. The Morgan fingerprint density at radius 3 is 2.32 bits per heavy atom. The maximum atomic E-state index is 13.5. The van der Waals surface area contributed by atoms with Crippen molar-refractivity contribution in [2.45, 2.75) is 37.3 Å². The van der Waals surface area contributed by atoms with Crippen molar-refractivity contribution >= 4 is 15.7 Å². The van der Waals surface area contributed by atoms with Gasteiger partial charge in [-0.3, -0.25) is 4.79 Å². The van der Waals surface area contributed by atoms with Crippen LogP contribution >= 0.6 is 0 Å². The summed E-state index contributed by atoms with van der Waals surface area (Å²) in [6.45, 7) is 4.47. The van der Waals surface area contributed by atoms with Crippen LogP contribution in [-0.2, 0) is 22.0 Å². The Bertz CT molecular complexity index is 1540. The van der Waals surface area contributed by atoms with Gasteiger partial charge in [-0.05, 0) is 72.7 Å². The molecule has 0 aromatic heterocycles. The number of hydrogen-bond acceptors (Lipinski definition) is 4. The third kappa shape index (κ3) is 6.69. The van der Waals surface area contributed by atoms with Gasteiger partial charge in [0.15, 0.2) is 9.84 Å². The molecule has 0 aliphatic carbocycles. The molecule has 196 valence electrons. The summed E-state index contributed by atoms with van der Waals surface area (Å²) in [4.78, 5) is 12.6. The predicted molar refractivity (Wildman–Crippen MR) is 152 cm³/mol. The number of carbonyl (C=O) groups excluding carboxylic acids is 1. The summed E-state index contributed by atoms with van der Waals surface area (Å²) in [5.41, 5.74) is 6.27. The lowest BCUT2D eigenvalue weighted by Crippen LogP contribution is -2.25. The molecule has 0 saturated heterocycles. The van der Waals surface area contributed by atoms with Gasteiger partial charge in [0.25, 0.3) is 5.91 Å². The van der Waals surface area contributed by atoms with Gasteiger partial charge in [0.05, 0.1) is 12.9 Å². The largest absolute Gasteiger partial charge is 0.495 e. The summed E-state index contributed by atoms with van der Waals surface area (Å²) in [5.74, 6) is 0.130. The van der Waals surface area contributed by atoms with E-state index in [-0.39, 0.29) is 16.6 Å². The fraction of sp³-hybridized carbons (Fsp3) is 0.219. The van der Waals surface area contributed by atoms with Gasteiger partial charge in [-0.1, -0.05) is 78.4 Å². The van der Waals surface area contributed by atoms with Crippen LogP contribution in [0.2, 0.25) is 0 Å². The standard InChI is InChI=1S/C32H33NO4S/c1-23-9-6-14-27(19-23)28-16-17-30(37-3)31(21-28)38(35,36)22-26-12-7-11-25(20-26)13-8-18-33-32(34)29-15-5-4-10-24(29)2/h4-7,9-12,14-17,19-21H,8,13,18,22H2,1-3H3,(H,33,34). The molecule has 0 heterocycles. The summed E-state index contributed by atoms with van der Waals surface area (Å²) in [7, 11) is -2.18. The van der Waals surface area contributed by atoms with E-state index in [1.807, 2.05) is 92.7 Å². The second-order valence-corrected chi connectivity index (χ2v) is 11.4. The fourth-order valence-electron chi connectivity index (χ4n) is 4.51. The van der Waals surface area contributed by atoms with E-state index in [4.69, 9.17) is 4.74 Å². The highest BCUT2D eigenvalue weighted by molar-refractivity contribution is 7.90. The predicted octanol–water partition coefficient (Wildman–Crippen LogP) is 6.32. The summed E-state index contributed by atoms with van der Waals surface area (Å²) >= 11 is 0. The van der Waals surface area contributed by atoms with Crippen molar-refractivity contribution in [3.63, 3.8) is 0 Å².